The van der Waals surface area contributed by atoms with E-state index < -0.39 is 0 Å². The summed E-state index contributed by atoms with van der Waals surface area (Å²) in [5.74, 6) is -0.0773. The smallest absolute Gasteiger partial charge is 0.124 e. The molecule has 0 aliphatic carbocycles. The highest BCUT2D eigenvalue weighted by atomic mass is 19.1. The highest BCUT2D eigenvalue weighted by molar-refractivity contribution is 5.89. The molecule has 0 radical (unpaired) electrons. The highest BCUT2D eigenvalue weighted by Crippen LogP contribution is 2.35. The van der Waals surface area contributed by atoms with Crippen molar-refractivity contribution in [3.05, 3.63) is 34.8 Å². The zero-order chi connectivity index (χ0) is 11.4. The van der Waals surface area contributed by atoms with Gasteiger partial charge in [0.2, 0.25) is 0 Å². The van der Waals surface area contributed by atoms with Crippen molar-refractivity contribution < 1.29 is 4.39 Å². The van der Waals surface area contributed by atoms with Crippen molar-refractivity contribution in [3.8, 4) is 0 Å². The molecule has 0 fully saturated rings. The molecule has 0 bridgehead atoms. The lowest BCUT2D eigenvalue weighted by molar-refractivity contribution is 0.627. The van der Waals surface area contributed by atoms with Crippen molar-refractivity contribution in [2.24, 2.45) is 0 Å². The van der Waals surface area contributed by atoms with Gasteiger partial charge in [0.25, 0.3) is 0 Å². The minimum Gasteiger partial charge on any atom is -0.344 e. The van der Waals surface area contributed by atoms with E-state index in [1.54, 1.807) is 12.1 Å². The second-order valence-corrected chi connectivity index (χ2v) is 5.04. The Bertz CT molecular complexity index is 612. The molecule has 3 heterocycles. The van der Waals surface area contributed by atoms with Gasteiger partial charge in [0.05, 0.1) is 5.52 Å². The third-order valence-electron chi connectivity index (χ3n) is 4.12. The first-order valence-electron chi connectivity index (χ1n) is 6.37. The summed E-state index contributed by atoms with van der Waals surface area (Å²) in [6, 6.07) is 3.44. The average Bonchev–Trinajstić information content (AvgIpc) is 2.74. The van der Waals surface area contributed by atoms with Crippen LogP contribution in [0.15, 0.2) is 12.1 Å². The molecule has 0 unspecified atom stereocenters. The summed E-state index contributed by atoms with van der Waals surface area (Å²) in [6.07, 6.45) is 3.09. The fraction of sp³-hybridized carbons (Fsp3) is 0.429. The van der Waals surface area contributed by atoms with Crippen LogP contribution in [-0.4, -0.2) is 17.7 Å². The lowest BCUT2D eigenvalue weighted by atomic mass is 10.0. The summed E-state index contributed by atoms with van der Waals surface area (Å²) in [5.41, 5.74) is 5.32. The van der Waals surface area contributed by atoms with Crippen LogP contribution in [0, 0.1) is 5.82 Å². The van der Waals surface area contributed by atoms with E-state index in [2.05, 4.69) is 9.88 Å². The summed E-state index contributed by atoms with van der Waals surface area (Å²) in [7, 11) is 0. The maximum atomic E-state index is 13.6. The first-order valence-corrected chi connectivity index (χ1v) is 6.37. The van der Waals surface area contributed by atoms with E-state index in [1.165, 1.54) is 22.3 Å². The fourth-order valence-electron chi connectivity index (χ4n) is 3.44. The Hall–Kier alpha value is -1.35. The number of nitrogens with zero attached hydrogens (tertiary/aromatic N) is 1. The summed E-state index contributed by atoms with van der Waals surface area (Å²) in [5, 5.41) is 4.58. The highest BCUT2D eigenvalue weighted by Gasteiger charge is 2.24. The Balaban J connectivity index is 2.10. The van der Waals surface area contributed by atoms with Crippen molar-refractivity contribution in [3.63, 3.8) is 0 Å². The Labute approximate surface area is 99.4 Å². The van der Waals surface area contributed by atoms with E-state index >= 15 is 0 Å². The molecule has 0 amide bonds. The van der Waals surface area contributed by atoms with Crippen molar-refractivity contribution in [2.45, 2.75) is 25.8 Å². The van der Waals surface area contributed by atoms with Crippen LogP contribution in [0.1, 0.15) is 16.8 Å². The number of hydrogen-bond acceptors (Lipinski definition) is 1. The van der Waals surface area contributed by atoms with E-state index in [-0.39, 0.29) is 5.82 Å². The van der Waals surface area contributed by atoms with E-state index in [4.69, 9.17) is 0 Å². The predicted octanol–water partition coefficient (Wildman–Crippen LogP) is 2.02. The number of benzene rings is 1. The van der Waals surface area contributed by atoms with Crippen molar-refractivity contribution >= 4 is 10.9 Å². The average molecular weight is 230 g/mol. The first kappa shape index (κ1) is 9.66. The standard InChI is InChI=1S/C14H15FN2/c15-10-7-9-3-6-17-13-2-5-16-4-1-11(13)12(8-10)14(9)17/h7-8,16H,1-6H2. The van der Waals surface area contributed by atoms with Crippen LogP contribution < -0.4 is 5.32 Å². The van der Waals surface area contributed by atoms with Gasteiger partial charge in [-0.25, -0.2) is 4.39 Å². The zero-order valence-electron chi connectivity index (χ0n) is 9.72. The van der Waals surface area contributed by atoms with Crippen LogP contribution in [-0.2, 0) is 25.8 Å². The van der Waals surface area contributed by atoms with Gasteiger partial charge in [-0.3, -0.25) is 0 Å². The Morgan fingerprint density at radius 1 is 1.12 bits per heavy atom. The minimum absolute atomic E-state index is 0.0773. The third kappa shape index (κ3) is 1.23. The van der Waals surface area contributed by atoms with Crippen LogP contribution in [0.2, 0.25) is 0 Å². The molecule has 3 heteroatoms. The lowest BCUT2D eigenvalue weighted by Crippen LogP contribution is -2.17. The first-order chi connectivity index (χ1) is 8.34. The zero-order valence-corrected chi connectivity index (χ0v) is 9.72. The minimum atomic E-state index is -0.0773. The molecule has 2 aliphatic heterocycles. The van der Waals surface area contributed by atoms with Crippen LogP contribution in [0.4, 0.5) is 4.39 Å². The number of fused-ring (bicyclic) bond motifs is 3. The molecule has 88 valence electrons. The molecule has 1 N–H and O–H groups in total. The topological polar surface area (TPSA) is 17.0 Å². The number of aryl methyl sites for hydroxylation is 2. The predicted molar refractivity (Wildman–Crippen MR) is 65.9 cm³/mol. The molecule has 0 atom stereocenters. The number of aromatic nitrogens is 1. The van der Waals surface area contributed by atoms with E-state index in [9.17, 15) is 4.39 Å². The van der Waals surface area contributed by atoms with Gasteiger partial charge in [-0.05, 0) is 42.6 Å². The molecule has 0 saturated carbocycles. The van der Waals surface area contributed by atoms with E-state index in [1.807, 2.05) is 0 Å². The van der Waals surface area contributed by atoms with Gasteiger partial charge in [0, 0.05) is 30.6 Å². The summed E-state index contributed by atoms with van der Waals surface area (Å²) < 4.78 is 16.1. The van der Waals surface area contributed by atoms with Crippen LogP contribution in [0.25, 0.3) is 10.9 Å². The third-order valence-corrected chi connectivity index (χ3v) is 4.12. The molecule has 17 heavy (non-hydrogen) atoms. The van der Waals surface area contributed by atoms with Gasteiger partial charge < -0.3 is 9.88 Å². The van der Waals surface area contributed by atoms with Crippen LogP contribution >= 0.6 is 0 Å². The molecule has 1 aromatic carbocycles. The summed E-state index contributed by atoms with van der Waals surface area (Å²) in [4.78, 5) is 0. The van der Waals surface area contributed by atoms with Gasteiger partial charge in [-0.2, -0.15) is 0 Å². The summed E-state index contributed by atoms with van der Waals surface area (Å²) in [6.45, 7) is 3.09. The Morgan fingerprint density at radius 2 is 2.00 bits per heavy atom. The lowest BCUT2D eigenvalue weighted by Gasteiger charge is -2.05. The van der Waals surface area contributed by atoms with Gasteiger partial charge in [0.15, 0.2) is 0 Å². The molecule has 2 aromatic rings. The molecular formula is C14H15FN2. The van der Waals surface area contributed by atoms with Crippen molar-refractivity contribution in [1.29, 1.82) is 0 Å². The second kappa shape index (κ2) is 3.33. The Kier molecular flexibility index (Phi) is 1.89. The van der Waals surface area contributed by atoms with Crippen molar-refractivity contribution in [1.82, 2.24) is 9.88 Å². The fourth-order valence-corrected chi connectivity index (χ4v) is 3.44. The number of halogens is 1. The monoisotopic (exact) mass is 230 g/mol. The molecule has 2 aliphatic rings. The maximum Gasteiger partial charge on any atom is 0.124 e. The second-order valence-electron chi connectivity index (χ2n) is 5.04. The number of hydrogen-bond donors (Lipinski definition) is 1. The van der Waals surface area contributed by atoms with Crippen LogP contribution in [0.5, 0.6) is 0 Å². The molecule has 0 spiro atoms. The van der Waals surface area contributed by atoms with Gasteiger partial charge in [0.1, 0.15) is 5.82 Å². The number of nitrogens with one attached hydrogen (secondary N) is 1. The molecule has 0 saturated heterocycles. The maximum absolute atomic E-state index is 13.6. The quantitative estimate of drug-likeness (QED) is 0.732. The van der Waals surface area contributed by atoms with Crippen LogP contribution in [0.3, 0.4) is 0 Å². The largest absolute Gasteiger partial charge is 0.344 e. The molecule has 1 aromatic heterocycles. The SMILES string of the molecule is Fc1cc2c3c(c1)c1c(n3CC2)CCNCC1. The Morgan fingerprint density at radius 3 is 2.94 bits per heavy atom. The normalized spacial score (nSPS) is 18.4. The van der Waals surface area contributed by atoms with Gasteiger partial charge >= 0.3 is 0 Å². The summed E-state index contributed by atoms with van der Waals surface area (Å²) >= 11 is 0. The number of rotatable bonds is 0. The van der Waals surface area contributed by atoms with Gasteiger partial charge in [-0.1, -0.05) is 0 Å². The molecular weight excluding hydrogens is 215 g/mol. The molecule has 4 rings (SSSR count). The van der Waals surface area contributed by atoms with E-state index in [0.29, 0.717) is 0 Å². The van der Waals surface area contributed by atoms with Gasteiger partial charge in [-0.15, -0.1) is 0 Å². The van der Waals surface area contributed by atoms with Crippen molar-refractivity contribution in [2.75, 3.05) is 13.1 Å². The molecule has 2 nitrogen and oxygen atoms in total. The van der Waals surface area contributed by atoms with E-state index in [0.717, 1.165) is 44.3 Å².